The first-order valence-electron chi connectivity index (χ1n) is 6.05. The van der Waals surface area contributed by atoms with Crippen LogP contribution in [0.2, 0.25) is 0 Å². The van der Waals surface area contributed by atoms with Crippen molar-refractivity contribution < 1.29 is 22.9 Å². The van der Waals surface area contributed by atoms with E-state index in [2.05, 4.69) is 5.32 Å². The van der Waals surface area contributed by atoms with Crippen molar-refractivity contribution in [1.82, 2.24) is 5.32 Å². The monoisotopic (exact) mass is 305 g/mol. The standard InChI is InChI=1S/C12H14F3N3O3/c1-2-7(6-12(13,14)15)17-11(19)9-5-8(18(20)21)3-4-10(9)16/h3-5,7H,2,6,16H2,1H3,(H,17,19)/t7-/m0/s1. The summed E-state index contributed by atoms with van der Waals surface area (Å²) in [6, 6.07) is 2.10. The van der Waals surface area contributed by atoms with Gasteiger partial charge in [0.25, 0.3) is 11.6 Å². The normalized spacial score (nSPS) is 12.8. The maximum absolute atomic E-state index is 12.3. The quantitative estimate of drug-likeness (QED) is 0.496. The van der Waals surface area contributed by atoms with Crippen molar-refractivity contribution in [3.05, 3.63) is 33.9 Å². The zero-order valence-electron chi connectivity index (χ0n) is 11.1. The highest BCUT2D eigenvalue weighted by Crippen LogP contribution is 2.24. The van der Waals surface area contributed by atoms with Gasteiger partial charge >= 0.3 is 6.18 Å². The number of nitrogens with two attached hydrogens (primary N) is 1. The number of alkyl halides is 3. The number of nitrogens with one attached hydrogen (secondary N) is 1. The van der Waals surface area contributed by atoms with Gasteiger partial charge in [-0.05, 0) is 12.5 Å². The van der Waals surface area contributed by atoms with Crippen molar-refractivity contribution in [1.29, 1.82) is 0 Å². The van der Waals surface area contributed by atoms with Crippen molar-refractivity contribution >= 4 is 17.3 Å². The molecule has 9 heteroatoms. The van der Waals surface area contributed by atoms with Gasteiger partial charge in [0.05, 0.1) is 16.9 Å². The molecule has 0 heterocycles. The van der Waals surface area contributed by atoms with Crippen LogP contribution >= 0.6 is 0 Å². The van der Waals surface area contributed by atoms with Crippen LogP contribution in [0.5, 0.6) is 0 Å². The van der Waals surface area contributed by atoms with Crippen molar-refractivity contribution in [3.8, 4) is 0 Å². The van der Waals surface area contributed by atoms with E-state index in [9.17, 15) is 28.1 Å². The molecule has 3 N–H and O–H groups in total. The first kappa shape index (κ1) is 16.7. The van der Waals surface area contributed by atoms with Gasteiger partial charge in [-0.15, -0.1) is 0 Å². The van der Waals surface area contributed by atoms with Gasteiger partial charge < -0.3 is 11.1 Å². The number of carbonyl (C=O) groups is 1. The van der Waals surface area contributed by atoms with Gasteiger partial charge in [-0.25, -0.2) is 0 Å². The van der Waals surface area contributed by atoms with Gasteiger partial charge in [0.15, 0.2) is 0 Å². The van der Waals surface area contributed by atoms with Crippen molar-refractivity contribution in [2.75, 3.05) is 5.73 Å². The predicted molar refractivity (Wildman–Crippen MR) is 69.7 cm³/mol. The van der Waals surface area contributed by atoms with E-state index in [1.165, 1.54) is 6.92 Å². The van der Waals surface area contributed by atoms with Crippen LogP contribution in [-0.2, 0) is 0 Å². The summed E-state index contributed by atoms with van der Waals surface area (Å²) in [6.45, 7) is 1.49. The molecule has 0 saturated carbocycles. The zero-order valence-corrected chi connectivity index (χ0v) is 11.1. The molecule has 0 saturated heterocycles. The van der Waals surface area contributed by atoms with Crippen LogP contribution in [0, 0.1) is 10.1 Å². The van der Waals surface area contributed by atoms with E-state index >= 15 is 0 Å². The fraction of sp³-hybridized carbons (Fsp3) is 0.417. The Morgan fingerprint density at radius 1 is 1.48 bits per heavy atom. The maximum atomic E-state index is 12.3. The molecule has 0 aromatic heterocycles. The number of hydrogen-bond donors (Lipinski definition) is 2. The number of amides is 1. The van der Waals surface area contributed by atoms with E-state index in [4.69, 9.17) is 5.73 Å². The average Bonchev–Trinajstić information content (AvgIpc) is 2.36. The van der Waals surface area contributed by atoms with E-state index in [0.717, 1.165) is 18.2 Å². The molecule has 21 heavy (non-hydrogen) atoms. The summed E-state index contributed by atoms with van der Waals surface area (Å²) >= 11 is 0. The number of anilines is 1. The number of nitrogen functional groups attached to an aromatic ring is 1. The summed E-state index contributed by atoms with van der Waals surface area (Å²) < 4.78 is 37.0. The summed E-state index contributed by atoms with van der Waals surface area (Å²) in [6.07, 6.45) is -5.52. The lowest BCUT2D eigenvalue weighted by molar-refractivity contribution is -0.384. The summed E-state index contributed by atoms with van der Waals surface area (Å²) in [7, 11) is 0. The van der Waals surface area contributed by atoms with Gasteiger partial charge in [-0.2, -0.15) is 13.2 Å². The summed E-state index contributed by atoms with van der Waals surface area (Å²) in [5, 5.41) is 12.8. The Morgan fingerprint density at radius 2 is 2.10 bits per heavy atom. The molecule has 6 nitrogen and oxygen atoms in total. The molecule has 0 aliphatic rings. The molecule has 1 aromatic rings. The van der Waals surface area contributed by atoms with Gasteiger partial charge in [0, 0.05) is 23.9 Å². The SMILES string of the molecule is CC[C@@H](CC(F)(F)F)NC(=O)c1cc([N+](=O)[O-])ccc1N. The van der Waals surface area contributed by atoms with Crippen LogP contribution in [0.25, 0.3) is 0 Å². The molecule has 116 valence electrons. The number of rotatable bonds is 5. The van der Waals surface area contributed by atoms with E-state index in [1.54, 1.807) is 0 Å². The highest BCUT2D eigenvalue weighted by atomic mass is 19.4. The largest absolute Gasteiger partial charge is 0.398 e. The first-order chi connectivity index (χ1) is 9.64. The molecule has 1 aromatic carbocycles. The number of benzene rings is 1. The lowest BCUT2D eigenvalue weighted by Gasteiger charge is -2.19. The molecule has 0 aliphatic carbocycles. The minimum absolute atomic E-state index is 0.0417. The number of non-ortho nitro benzene ring substituents is 1. The summed E-state index contributed by atoms with van der Waals surface area (Å²) in [4.78, 5) is 21.8. The lowest BCUT2D eigenvalue weighted by atomic mass is 10.1. The van der Waals surface area contributed by atoms with Crippen molar-refractivity contribution in [3.63, 3.8) is 0 Å². The lowest BCUT2D eigenvalue weighted by Crippen LogP contribution is -2.38. The third-order valence-corrected chi connectivity index (χ3v) is 2.80. The van der Waals surface area contributed by atoms with Crippen LogP contribution in [0.15, 0.2) is 18.2 Å². The molecule has 0 radical (unpaired) electrons. The van der Waals surface area contributed by atoms with Crippen LogP contribution in [0.3, 0.4) is 0 Å². The Balaban J connectivity index is 2.92. The zero-order chi connectivity index (χ0) is 16.2. The molecule has 0 aliphatic heterocycles. The molecular formula is C12H14F3N3O3. The molecule has 0 bridgehead atoms. The highest BCUT2D eigenvalue weighted by Gasteiger charge is 2.32. The summed E-state index contributed by atoms with van der Waals surface area (Å²) in [5.74, 6) is -0.868. The Hall–Kier alpha value is -2.32. The Bertz CT molecular complexity index is 546. The van der Waals surface area contributed by atoms with Crippen molar-refractivity contribution in [2.24, 2.45) is 0 Å². The molecule has 1 amide bonds. The minimum Gasteiger partial charge on any atom is -0.398 e. The second kappa shape index (κ2) is 6.42. The molecule has 1 rings (SSSR count). The molecule has 1 atom stereocenters. The van der Waals surface area contributed by atoms with Crippen LogP contribution in [0.1, 0.15) is 30.1 Å². The fourth-order valence-electron chi connectivity index (χ4n) is 1.69. The number of carbonyl (C=O) groups excluding carboxylic acids is 1. The Morgan fingerprint density at radius 3 is 2.57 bits per heavy atom. The summed E-state index contributed by atoms with van der Waals surface area (Å²) in [5.41, 5.74) is 4.91. The Kier molecular flexibility index (Phi) is 5.12. The van der Waals surface area contributed by atoms with E-state index < -0.39 is 29.5 Å². The highest BCUT2D eigenvalue weighted by molar-refractivity contribution is 5.99. The van der Waals surface area contributed by atoms with E-state index in [-0.39, 0.29) is 23.4 Å². The van der Waals surface area contributed by atoms with Gasteiger partial charge in [0.1, 0.15) is 0 Å². The number of nitro groups is 1. The van der Waals surface area contributed by atoms with Crippen LogP contribution < -0.4 is 11.1 Å². The smallest absolute Gasteiger partial charge is 0.391 e. The third-order valence-electron chi connectivity index (χ3n) is 2.80. The van der Waals surface area contributed by atoms with Crippen molar-refractivity contribution in [2.45, 2.75) is 32.0 Å². The number of nitro benzene ring substituents is 1. The fourth-order valence-corrected chi connectivity index (χ4v) is 1.69. The third kappa shape index (κ3) is 4.93. The van der Waals surface area contributed by atoms with E-state index in [1.807, 2.05) is 0 Å². The number of hydrogen-bond acceptors (Lipinski definition) is 4. The first-order valence-corrected chi connectivity index (χ1v) is 6.05. The second-order valence-electron chi connectivity index (χ2n) is 4.43. The Labute approximate surface area is 118 Å². The van der Waals surface area contributed by atoms with Crippen LogP contribution in [0.4, 0.5) is 24.5 Å². The predicted octanol–water partition coefficient (Wildman–Crippen LogP) is 2.64. The van der Waals surface area contributed by atoms with Gasteiger partial charge in [-0.3, -0.25) is 14.9 Å². The molecule has 0 spiro atoms. The van der Waals surface area contributed by atoms with E-state index in [0.29, 0.717) is 0 Å². The maximum Gasteiger partial charge on any atom is 0.391 e. The minimum atomic E-state index is -4.41. The van der Waals surface area contributed by atoms with Gasteiger partial charge in [0.2, 0.25) is 0 Å². The molecule has 0 fully saturated rings. The number of halogens is 3. The second-order valence-corrected chi connectivity index (χ2v) is 4.43. The average molecular weight is 305 g/mol. The molecular weight excluding hydrogens is 291 g/mol. The topological polar surface area (TPSA) is 98.3 Å². The molecule has 0 unspecified atom stereocenters. The van der Waals surface area contributed by atoms with Gasteiger partial charge in [-0.1, -0.05) is 6.92 Å². The number of nitrogens with zero attached hydrogens (tertiary/aromatic N) is 1. The van der Waals surface area contributed by atoms with Crippen LogP contribution in [-0.4, -0.2) is 23.0 Å².